The molecule has 0 aromatic carbocycles. The van der Waals surface area contributed by atoms with Crippen LogP contribution in [0.5, 0.6) is 0 Å². The molecule has 1 nitrogen and oxygen atoms in total. The molecule has 0 aliphatic carbocycles. The molecule has 0 atom stereocenters. The zero-order valence-electron chi connectivity index (χ0n) is 3.44. The molecule has 0 amide bonds. The van der Waals surface area contributed by atoms with Crippen molar-refractivity contribution in [1.82, 2.24) is 0 Å². The first-order valence-electron chi connectivity index (χ1n) is 1.53. The molecule has 0 saturated heterocycles. The summed E-state index contributed by atoms with van der Waals surface area (Å²) in [4.78, 5) is 9.43. The molecule has 0 radical (unpaired) electrons. The lowest BCUT2D eigenvalue weighted by molar-refractivity contribution is -0.104. The van der Waals surface area contributed by atoms with Gasteiger partial charge in [0.05, 0.1) is 6.33 Å². The largest absolute Gasteiger partial charge is 0.298 e. The van der Waals surface area contributed by atoms with E-state index in [0.717, 1.165) is 0 Å². The first-order valence-corrected chi connectivity index (χ1v) is 1.53. The van der Waals surface area contributed by atoms with Crippen LogP contribution in [0, 0.1) is 0 Å². The van der Waals surface area contributed by atoms with E-state index >= 15 is 0 Å². The van der Waals surface area contributed by atoms with E-state index in [-0.39, 0.29) is 11.9 Å². The maximum atomic E-state index is 11.0. The van der Waals surface area contributed by atoms with E-state index in [0.29, 0.717) is 6.29 Å². The molecule has 0 aromatic rings. The minimum absolute atomic E-state index is 0.120. The summed E-state index contributed by atoms with van der Waals surface area (Å²) in [5.74, 6) is 0. The molecule has 6 heavy (non-hydrogen) atoms. The zero-order valence-corrected chi connectivity index (χ0v) is 3.44. The molecule has 2 heteroatoms. The predicted octanol–water partition coefficient (Wildman–Crippen LogP) is 1.06. The van der Waals surface area contributed by atoms with Gasteiger partial charge in [-0.1, -0.05) is 0 Å². The van der Waals surface area contributed by atoms with Gasteiger partial charge < -0.3 is 0 Å². The first kappa shape index (κ1) is 5.34. The number of hydrogen-bond acceptors (Lipinski definition) is 1. The van der Waals surface area contributed by atoms with Gasteiger partial charge in [0.1, 0.15) is 6.29 Å². The van der Waals surface area contributed by atoms with Crippen LogP contribution in [0.15, 0.2) is 11.9 Å². The summed E-state index contributed by atoms with van der Waals surface area (Å²) in [7, 11) is 0. The van der Waals surface area contributed by atoms with E-state index in [9.17, 15) is 9.18 Å². The summed E-state index contributed by atoms with van der Waals surface area (Å²) in [5.41, 5.74) is 0.120. The Balaban J connectivity index is 3.50. The van der Waals surface area contributed by atoms with Crippen LogP contribution < -0.4 is 0 Å². The Bertz CT molecular complexity index is 75.6. The number of carbonyl (C=O) groups excluding carboxylic acids is 1. The van der Waals surface area contributed by atoms with Gasteiger partial charge in [-0.3, -0.25) is 4.79 Å². The number of hydrogen-bond donors (Lipinski definition) is 0. The monoisotopic (exact) mass is 88.0 g/mol. The molecule has 0 aromatic heterocycles. The van der Waals surface area contributed by atoms with Gasteiger partial charge in [0.2, 0.25) is 0 Å². The fourth-order valence-corrected chi connectivity index (χ4v) is 0.0257. The van der Waals surface area contributed by atoms with Crippen LogP contribution in [0.3, 0.4) is 0 Å². The average molecular weight is 88.1 g/mol. The second kappa shape index (κ2) is 2.57. The van der Waals surface area contributed by atoms with Crippen LogP contribution in [-0.2, 0) is 4.79 Å². The van der Waals surface area contributed by atoms with Crippen molar-refractivity contribution in [3.63, 3.8) is 0 Å². The van der Waals surface area contributed by atoms with Crippen molar-refractivity contribution in [2.75, 3.05) is 0 Å². The van der Waals surface area contributed by atoms with Crippen LogP contribution >= 0.6 is 0 Å². The summed E-state index contributed by atoms with van der Waals surface area (Å²) < 4.78 is 11.0. The summed E-state index contributed by atoms with van der Waals surface area (Å²) in [5, 5.41) is 0. The predicted molar refractivity (Wildman–Crippen MR) is 20.9 cm³/mol. The first-order chi connectivity index (χ1) is 2.81. The number of rotatable bonds is 1. The number of aldehydes is 1. The molecule has 0 saturated carbocycles. The quantitative estimate of drug-likeness (QED) is 0.346. The van der Waals surface area contributed by atoms with Gasteiger partial charge in [-0.25, -0.2) is 4.39 Å². The number of halogens is 1. The minimum atomic E-state index is 0.120. The van der Waals surface area contributed by atoms with Gasteiger partial charge >= 0.3 is 0 Å². The van der Waals surface area contributed by atoms with E-state index in [4.69, 9.17) is 0 Å². The van der Waals surface area contributed by atoms with Gasteiger partial charge in [0.15, 0.2) is 0 Å². The number of allylic oxidation sites excluding steroid dienone is 1. The van der Waals surface area contributed by atoms with Crippen LogP contribution in [0.1, 0.15) is 6.92 Å². The second-order valence-corrected chi connectivity index (χ2v) is 0.971. The molecule has 0 aliphatic rings. The van der Waals surface area contributed by atoms with Crippen LogP contribution in [0.25, 0.3) is 0 Å². The highest BCUT2D eigenvalue weighted by Crippen LogP contribution is 1.82. The smallest absolute Gasteiger partial charge is 0.148 e. The standard InChI is InChI=1S/C4H5FO/c1-4(2-5)3-6/h2-3H,1H3/b4-2-. The Kier molecular flexibility index (Phi) is 2.29. The van der Waals surface area contributed by atoms with Crippen LogP contribution in [0.4, 0.5) is 4.39 Å². The molecule has 0 heterocycles. The van der Waals surface area contributed by atoms with Gasteiger partial charge in [-0.2, -0.15) is 0 Å². The van der Waals surface area contributed by atoms with E-state index < -0.39 is 0 Å². The van der Waals surface area contributed by atoms with Crippen molar-refractivity contribution in [3.05, 3.63) is 11.9 Å². The molecule has 0 aliphatic heterocycles. The fraction of sp³-hybridized carbons (Fsp3) is 0.250. The van der Waals surface area contributed by atoms with E-state index in [1.54, 1.807) is 0 Å². The molecular formula is C4H5FO. The SMILES string of the molecule is C/C(C=O)=C/F. The maximum absolute atomic E-state index is 11.0. The Morgan fingerprint density at radius 1 is 1.83 bits per heavy atom. The summed E-state index contributed by atoms with van der Waals surface area (Å²) in [6.07, 6.45) is 0.729. The highest BCUT2D eigenvalue weighted by atomic mass is 19.1. The third-order valence-corrected chi connectivity index (χ3v) is 0.358. The zero-order chi connectivity index (χ0) is 4.99. The summed E-state index contributed by atoms with van der Waals surface area (Å²) in [6.45, 7) is 1.40. The topological polar surface area (TPSA) is 17.1 Å². The van der Waals surface area contributed by atoms with Gasteiger partial charge in [0, 0.05) is 5.57 Å². The third-order valence-electron chi connectivity index (χ3n) is 0.358. The van der Waals surface area contributed by atoms with Crippen molar-refractivity contribution in [2.24, 2.45) is 0 Å². The molecule has 0 bridgehead atoms. The van der Waals surface area contributed by atoms with Crippen LogP contribution in [0.2, 0.25) is 0 Å². The van der Waals surface area contributed by atoms with Crippen molar-refractivity contribution in [2.45, 2.75) is 6.92 Å². The summed E-state index contributed by atoms with van der Waals surface area (Å²) in [6, 6.07) is 0. The molecular weight excluding hydrogens is 83.0 g/mol. The average Bonchev–Trinajstić information content (AvgIpc) is 1.65. The van der Waals surface area contributed by atoms with Gasteiger partial charge in [-0.15, -0.1) is 0 Å². The van der Waals surface area contributed by atoms with Crippen molar-refractivity contribution in [1.29, 1.82) is 0 Å². The second-order valence-electron chi connectivity index (χ2n) is 0.971. The fourth-order valence-electron chi connectivity index (χ4n) is 0.0257. The molecule has 0 rings (SSSR count). The Morgan fingerprint density at radius 2 is 2.33 bits per heavy atom. The van der Waals surface area contributed by atoms with Crippen molar-refractivity contribution in [3.8, 4) is 0 Å². The van der Waals surface area contributed by atoms with Crippen LogP contribution in [-0.4, -0.2) is 6.29 Å². The molecule has 0 fully saturated rings. The Morgan fingerprint density at radius 3 is 2.33 bits per heavy atom. The lowest BCUT2D eigenvalue weighted by Crippen LogP contribution is -1.68. The van der Waals surface area contributed by atoms with Crippen molar-refractivity contribution < 1.29 is 9.18 Å². The molecule has 0 N–H and O–H groups in total. The summed E-state index contributed by atoms with van der Waals surface area (Å²) >= 11 is 0. The molecule has 0 unspecified atom stereocenters. The van der Waals surface area contributed by atoms with E-state index in [1.807, 2.05) is 0 Å². The lowest BCUT2D eigenvalue weighted by Gasteiger charge is -1.70. The van der Waals surface area contributed by atoms with Crippen molar-refractivity contribution >= 4 is 6.29 Å². The van der Waals surface area contributed by atoms with Gasteiger partial charge in [0.25, 0.3) is 0 Å². The minimum Gasteiger partial charge on any atom is -0.298 e. The van der Waals surface area contributed by atoms with Gasteiger partial charge in [-0.05, 0) is 6.92 Å². The van der Waals surface area contributed by atoms with E-state index in [2.05, 4.69) is 0 Å². The normalized spacial score (nSPS) is 11.3. The lowest BCUT2D eigenvalue weighted by atomic mass is 10.4. The molecule has 34 valence electrons. The maximum Gasteiger partial charge on any atom is 0.148 e. The third kappa shape index (κ3) is 1.64. The highest BCUT2D eigenvalue weighted by molar-refractivity contribution is 5.71. The molecule has 0 spiro atoms. The highest BCUT2D eigenvalue weighted by Gasteiger charge is 1.75. The Labute approximate surface area is 35.5 Å². The van der Waals surface area contributed by atoms with E-state index in [1.165, 1.54) is 6.92 Å². The number of carbonyl (C=O) groups is 1. The Hall–Kier alpha value is -0.660.